The molecule has 0 atom stereocenters. The highest BCUT2D eigenvalue weighted by Crippen LogP contribution is 2.24. The summed E-state index contributed by atoms with van der Waals surface area (Å²) in [7, 11) is 3.51. The van der Waals surface area contributed by atoms with E-state index in [-0.39, 0.29) is 5.91 Å². The average molecular weight is 250 g/mol. The number of rotatable bonds is 6. The molecule has 0 saturated carbocycles. The molecule has 0 aliphatic carbocycles. The Morgan fingerprint density at radius 1 is 1.28 bits per heavy atom. The number of hydrogen-bond donors (Lipinski definition) is 2. The van der Waals surface area contributed by atoms with Crippen molar-refractivity contribution in [2.45, 2.75) is 26.8 Å². The van der Waals surface area contributed by atoms with Crippen LogP contribution < -0.4 is 15.4 Å². The van der Waals surface area contributed by atoms with Gasteiger partial charge in [0, 0.05) is 19.5 Å². The smallest absolute Gasteiger partial charge is 0.221 e. The lowest BCUT2D eigenvalue weighted by molar-refractivity contribution is -0.121. The summed E-state index contributed by atoms with van der Waals surface area (Å²) >= 11 is 0. The van der Waals surface area contributed by atoms with Gasteiger partial charge >= 0.3 is 0 Å². The van der Waals surface area contributed by atoms with Crippen molar-refractivity contribution in [2.75, 3.05) is 20.7 Å². The van der Waals surface area contributed by atoms with Gasteiger partial charge in [0.25, 0.3) is 0 Å². The van der Waals surface area contributed by atoms with E-state index >= 15 is 0 Å². The molecule has 1 aromatic rings. The minimum absolute atomic E-state index is 0.0653. The monoisotopic (exact) mass is 250 g/mol. The summed E-state index contributed by atoms with van der Waals surface area (Å²) in [6, 6.07) is 4.09. The Bertz CT molecular complexity index is 393. The third kappa shape index (κ3) is 4.04. The number of hydrogen-bond acceptors (Lipinski definition) is 3. The van der Waals surface area contributed by atoms with Crippen LogP contribution in [0.4, 0.5) is 0 Å². The SMILES string of the molecule is CNCCC(=O)NCc1cc(C)c(OC)c(C)c1. The second kappa shape index (κ2) is 7.01. The third-order valence-electron chi connectivity index (χ3n) is 2.82. The molecule has 0 bridgehead atoms. The molecule has 2 N–H and O–H groups in total. The number of ether oxygens (including phenoxy) is 1. The molecule has 0 heterocycles. The summed E-state index contributed by atoms with van der Waals surface area (Å²) < 4.78 is 5.31. The number of benzene rings is 1. The van der Waals surface area contributed by atoms with Crippen molar-refractivity contribution in [2.24, 2.45) is 0 Å². The van der Waals surface area contributed by atoms with Gasteiger partial charge in [-0.2, -0.15) is 0 Å². The highest BCUT2D eigenvalue weighted by molar-refractivity contribution is 5.76. The standard InChI is InChI=1S/C14H22N2O2/c1-10-7-12(8-11(2)14(10)18-4)9-16-13(17)5-6-15-3/h7-8,15H,5-6,9H2,1-4H3,(H,16,17). The molecule has 0 fully saturated rings. The Labute approximate surface area is 109 Å². The van der Waals surface area contributed by atoms with E-state index in [9.17, 15) is 4.79 Å². The van der Waals surface area contributed by atoms with E-state index < -0.39 is 0 Å². The summed E-state index contributed by atoms with van der Waals surface area (Å²) in [5.74, 6) is 0.982. The van der Waals surface area contributed by atoms with Crippen molar-refractivity contribution in [3.8, 4) is 5.75 Å². The number of methoxy groups -OCH3 is 1. The predicted octanol–water partition coefficient (Wildman–Crippen LogP) is 1.54. The highest BCUT2D eigenvalue weighted by Gasteiger charge is 2.06. The lowest BCUT2D eigenvalue weighted by Crippen LogP contribution is -2.26. The molecule has 1 amide bonds. The summed E-state index contributed by atoms with van der Waals surface area (Å²) in [6.45, 7) is 5.29. The second-order valence-electron chi connectivity index (χ2n) is 4.39. The van der Waals surface area contributed by atoms with Gasteiger partial charge in [0.05, 0.1) is 7.11 Å². The summed E-state index contributed by atoms with van der Waals surface area (Å²) in [5.41, 5.74) is 3.29. The average Bonchev–Trinajstić information content (AvgIpc) is 2.33. The molecule has 0 aromatic heterocycles. The van der Waals surface area contributed by atoms with Gasteiger partial charge in [-0.25, -0.2) is 0 Å². The van der Waals surface area contributed by atoms with Gasteiger partial charge in [0.1, 0.15) is 5.75 Å². The van der Waals surface area contributed by atoms with E-state index in [1.54, 1.807) is 7.11 Å². The molecule has 1 aromatic carbocycles. The number of aryl methyl sites for hydroxylation is 2. The van der Waals surface area contributed by atoms with Crippen molar-refractivity contribution >= 4 is 5.91 Å². The molecule has 0 spiro atoms. The number of carbonyl (C=O) groups is 1. The van der Waals surface area contributed by atoms with Crippen LogP contribution in [0.1, 0.15) is 23.1 Å². The van der Waals surface area contributed by atoms with E-state index in [2.05, 4.69) is 10.6 Å². The summed E-state index contributed by atoms with van der Waals surface area (Å²) in [6.07, 6.45) is 0.505. The molecule has 4 nitrogen and oxygen atoms in total. The minimum atomic E-state index is 0.0653. The van der Waals surface area contributed by atoms with Gasteiger partial charge in [-0.1, -0.05) is 12.1 Å². The van der Waals surface area contributed by atoms with Crippen LogP contribution in [-0.4, -0.2) is 26.6 Å². The first-order valence-electron chi connectivity index (χ1n) is 6.14. The lowest BCUT2D eigenvalue weighted by atomic mass is 10.1. The van der Waals surface area contributed by atoms with E-state index in [0.29, 0.717) is 19.5 Å². The Morgan fingerprint density at radius 2 is 1.89 bits per heavy atom. The third-order valence-corrected chi connectivity index (χ3v) is 2.82. The van der Waals surface area contributed by atoms with Crippen LogP contribution in [0.25, 0.3) is 0 Å². The zero-order valence-corrected chi connectivity index (χ0v) is 11.6. The first-order valence-corrected chi connectivity index (χ1v) is 6.14. The van der Waals surface area contributed by atoms with E-state index in [0.717, 1.165) is 22.4 Å². The maximum absolute atomic E-state index is 11.5. The zero-order valence-electron chi connectivity index (χ0n) is 11.6. The van der Waals surface area contributed by atoms with Gasteiger partial charge in [0.2, 0.25) is 5.91 Å². The van der Waals surface area contributed by atoms with Crippen molar-refractivity contribution in [3.63, 3.8) is 0 Å². The second-order valence-corrected chi connectivity index (χ2v) is 4.39. The molecule has 0 radical (unpaired) electrons. The Balaban J connectivity index is 2.61. The molecular formula is C14H22N2O2. The largest absolute Gasteiger partial charge is 0.496 e. The van der Waals surface area contributed by atoms with Gasteiger partial charge in [-0.15, -0.1) is 0 Å². The zero-order chi connectivity index (χ0) is 13.5. The molecule has 4 heteroatoms. The highest BCUT2D eigenvalue weighted by atomic mass is 16.5. The van der Waals surface area contributed by atoms with E-state index in [4.69, 9.17) is 4.74 Å². The lowest BCUT2D eigenvalue weighted by Gasteiger charge is -2.12. The Hall–Kier alpha value is -1.55. The van der Waals surface area contributed by atoms with Gasteiger partial charge in [-0.05, 0) is 37.6 Å². The Morgan fingerprint density at radius 3 is 2.39 bits per heavy atom. The van der Waals surface area contributed by atoms with Gasteiger partial charge in [-0.3, -0.25) is 4.79 Å². The van der Waals surface area contributed by atoms with Crippen molar-refractivity contribution < 1.29 is 9.53 Å². The van der Waals surface area contributed by atoms with Crippen molar-refractivity contribution in [1.82, 2.24) is 10.6 Å². The molecule has 0 aliphatic rings. The first kappa shape index (κ1) is 14.5. The van der Waals surface area contributed by atoms with Crippen LogP contribution in [0.5, 0.6) is 5.75 Å². The van der Waals surface area contributed by atoms with Crippen molar-refractivity contribution in [3.05, 3.63) is 28.8 Å². The van der Waals surface area contributed by atoms with Crippen LogP contribution in [-0.2, 0) is 11.3 Å². The molecular weight excluding hydrogens is 228 g/mol. The molecule has 18 heavy (non-hydrogen) atoms. The van der Waals surface area contributed by atoms with Crippen LogP contribution in [0.3, 0.4) is 0 Å². The Kier molecular flexibility index (Phi) is 5.65. The summed E-state index contributed by atoms with van der Waals surface area (Å²) in [4.78, 5) is 11.5. The van der Waals surface area contributed by atoms with Crippen LogP contribution >= 0.6 is 0 Å². The topological polar surface area (TPSA) is 50.4 Å². The van der Waals surface area contributed by atoms with Gasteiger partial charge in [0.15, 0.2) is 0 Å². The molecule has 100 valence electrons. The van der Waals surface area contributed by atoms with Crippen LogP contribution in [0.2, 0.25) is 0 Å². The first-order chi connectivity index (χ1) is 8.58. The van der Waals surface area contributed by atoms with Crippen molar-refractivity contribution in [1.29, 1.82) is 0 Å². The van der Waals surface area contributed by atoms with Gasteiger partial charge < -0.3 is 15.4 Å². The molecule has 0 unspecified atom stereocenters. The van der Waals surface area contributed by atoms with Crippen LogP contribution in [0, 0.1) is 13.8 Å². The number of amides is 1. The minimum Gasteiger partial charge on any atom is -0.496 e. The van der Waals surface area contributed by atoms with E-state index in [1.807, 2.05) is 33.0 Å². The molecule has 0 aliphatic heterocycles. The predicted molar refractivity (Wildman–Crippen MR) is 72.9 cm³/mol. The fourth-order valence-corrected chi connectivity index (χ4v) is 1.99. The molecule has 1 rings (SSSR count). The number of carbonyl (C=O) groups excluding carboxylic acids is 1. The maximum atomic E-state index is 11.5. The van der Waals surface area contributed by atoms with E-state index in [1.165, 1.54) is 0 Å². The normalized spacial score (nSPS) is 10.2. The fraction of sp³-hybridized carbons (Fsp3) is 0.500. The maximum Gasteiger partial charge on any atom is 0.221 e. The fourth-order valence-electron chi connectivity index (χ4n) is 1.99. The number of nitrogens with one attached hydrogen (secondary N) is 2. The summed E-state index contributed by atoms with van der Waals surface area (Å²) in [5, 5.41) is 5.86. The van der Waals surface area contributed by atoms with Crippen LogP contribution in [0.15, 0.2) is 12.1 Å². The molecule has 0 saturated heterocycles. The quantitative estimate of drug-likeness (QED) is 0.805.